The Labute approximate surface area is 88.9 Å². The third-order valence-electron chi connectivity index (χ3n) is 1.07. The first-order chi connectivity index (χ1) is 5.04. The van der Waals surface area contributed by atoms with Crippen LogP contribution in [0.3, 0.4) is 0 Å². The van der Waals surface area contributed by atoms with Gasteiger partial charge in [-0.2, -0.15) is 0 Å². The van der Waals surface area contributed by atoms with Gasteiger partial charge in [-0.15, -0.1) is 0 Å². The van der Waals surface area contributed by atoms with E-state index in [0.29, 0.717) is 0 Å². The van der Waals surface area contributed by atoms with E-state index in [4.69, 9.17) is 0 Å². The van der Waals surface area contributed by atoms with Gasteiger partial charge in [0.15, 0.2) is 23.3 Å². The Morgan fingerprint density at radius 2 is 0.938 bits per heavy atom. The first-order valence-corrected chi connectivity index (χ1v) is 2.95. The van der Waals surface area contributed by atoms with Crippen LogP contribution in [0.1, 0.15) is 0 Å². The van der Waals surface area contributed by atoms with Crippen molar-refractivity contribution in [2.24, 2.45) is 0 Å². The molecule has 1 rings (SSSR count). The molecule has 0 aliphatic heterocycles. The molecule has 0 amide bonds. The normalized spacial score (nSPS) is 7.00. The number of rotatable bonds is 0. The largest absolute Gasteiger partial charge is 0.269 e. The number of halogens is 9. The van der Waals surface area contributed by atoms with Crippen molar-refractivity contribution in [1.82, 2.24) is 0 Å². The first kappa shape index (κ1) is 29.3. The molecule has 0 heterocycles. The van der Waals surface area contributed by atoms with Gasteiger partial charge in [-0.25, -0.2) is 17.6 Å². The van der Waals surface area contributed by atoms with Crippen LogP contribution in [-0.4, -0.2) is 0 Å². The molecule has 0 atom stereocenters. The summed E-state index contributed by atoms with van der Waals surface area (Å²) in [6.45, 7) is 0. The van der Waals surface area contributed by atoms with Crippen LogP contribution in [0, 0.1) is 23.3 Å². The summed E-state index contributed by atoms with van der Waals surface area (Å²) in [4.78, 5) is -1.05. The molecule has 16 heavy (non-hydrogen) atoms. The smallest absolute Gasteiger partial charge is 0.180 e. The van der Waals surface area contributed by atoms with Gasteiger partial charge in [0.05, 0.1) is 0 Å². The van der Waals surface area contributed by atoms with E-state index < -0.39 is 28.2 Å². The number of benzene rings is 1. The highest BCUT2D eigenvalue weighted by Gasteiger charge is 2.16. The van der Waals surface area contributed by atoms with Crippen LogP contribution in [0.15, 0.2) is 11.0 Å². The van der Waals surface area contributed by atoms with E-state index >= 15 is 0 Å². The third-order valence-corrected chi connectivity index (χ3v) is 1.43. The van der Waals surface area contributed by atoms with E-state index in [1.165, 1.54) is 0 Å². The fourth-order valence-corrected chi connectivity index (χ4v) is 0.746. The van der Waals surface area contributed by atoms with E-state index in [9.17, 15) is 17.6 Å². The van der Waals surface area contributed by atoms with Gasteiger partial charge in [-0.1, -0.05) is 12.6 Å². The van der Waals surface area contributed by atoms with Crippen molar-refractivity contribution in [3.05, 3.63) is 29.3 Å². The van der Waals surface area contributed by atoms with Gasteiger partial charge in [0.25, 0.3) is 0 Å². The second-order valence-electron chi connectivity index (χ2n) is 1.80. The van der Waals surface area contributed by atoms with E-state index in [-0.39, 0.29) is 29.6 Å². The minimum atomic E-state index is -1.53. The molecule has 0 nitrogen and oxygen atoms in total. The van der Waals surface area contributed by atoms with Gasteiger partial charge in [0, 0.05) is 6.07 Å². The van der Waals surface area contributed by atoms with Gasteiger partial charge in [-0.3, -0.25) is 23.5 Å². The average molecular weight is 281 g/mol. The first-order valence-electron chi connectivity index (χ1n) is 2.54. The predicted molar refractivity (Wildman–Crippen MR) is 44.6 cm³/mol. The summed E-state index contributed by atoms with van der Waals surface area (Å²) in [7, 11) is 0. The van der Waals surface area contributed by atoms with Crippen LogP contribution in [0.5, 0.6) is 0 Å². The molecule has 10 heteroatoms. The molecule has 0 unspecified atom stereocenters. The zero-order valence-corrected chi connectivity index (χ0v) is 7.86. The molecule has 0 aliphatic carbocycles. The second-order valence-corrected chi connectivity index (χ2v) is 2.21. The summed E-state index contributed by atoms with van der Waals surface area (Å²) >= 11 is 4.04. The molecule has 0 saturated heterocycles. The van der Waals surface area contributed by atoms with Crippen LogP contribution in [0.25, 0.3) is 0 Å². The fourth-order valence-electron chi connectivity index (χ4n) is 0.551. The quantitative estimate of drug-likeness (QED) is 0.504. The molecule has 0 N–H and O–H groups in total. The van der Waals surface area contributed by atoms with E-state index in [0.717, 1.165) is 0 Å². The maximum absolute atomic E-state index is 12.3. The van der Waals surface area contributed by atoms with Crippen LogP contribution in [-0.2, 0) is 0 Å². The topological polar surface area (TPSA) is 0 Å². The molecule has 1 radical (unpaired) electrons. The summed E-state index contributed by atoms with van der Waals surface area (Å²) < 4.78 is 48.9. The SMILES string of the molecule is F.F.F.F.F.Fc1cc(F)c(F)c([S])c1F. The van der Waals surface area contributed by atoms with Gasteiger partial charge in [0.2, 0.25) is 0 Å². The molecule has 0 bridgehead atoms. The standard InChI is InChI=1S/C6HF4S.5FH/c7-2-1-3(8)5(10)6(11)4(2)9;;;;;/h1H;5*1H. The van der Waals surface area contributed by atoms with Crippen LogP contribution in [0.2, 0.25) is 0 Å². The van der Waals surface area contributed by atoms with Gasteiger partial charge in [-0.05, 0) is 0 Å². The van der Waals surface area contributed by atoms with E-state index in [1.807, 2.05) is 0 Å². The molecule has 1 aromatic rings. The Morgan fingerprint density at radius 3 is 1.19 bits per heavy atom. The lowest BCUT2D eigenvalue weighted by Gasteiger charge is -1.97. The molecule has 99 valence electrons. The molecule has 0 aliphatic rings. The maximum atomic E-state index is 12.3. The van der Waals surface area contributed by atoms with Crippen molar-refractivity contribution in [2.45, 2.75) is 4.90 Å². The molecule has 1 aromatic carbocycles. The van der Waals surface area contributed by atoms with Gasteiger partial charge in [0.1, 0.15) is 4.90 Å². The minimum absolute atomic E-state index is 0. The van der Waals surface area contributed by atoms with Crippen molar-refractivity contribution in [1.29, 1.82) is 0 Å². The van der Waals surface area contributed by atoms with Crippen LogP contribution < -0.4 is 0 Å². The molecule has 0 fully saturated rings. The monoisotopic (exact) mass is 281 g/mol. The minimum Gasteiger partial charge on any atom is -0.269 e. The van der Waals surface area contributed by atoms with Gasteiger partial charge < -0.3 is 0 Å². The Hall–Kier alpha value is -1.19. The van der Waals surface area contributed by atoms with Gasteiger partial charge >= 0.3 is 0 Å². The summed E-state index contributed by atoms with van der Waals surface area (Å²) in [6, 6.07) is 0.112. The Balaban J connectivity index is -0.0000000807. The lowest BCUT2D eigenvalue weighted by Crippen LogP contribution is -1.94. The third kappa shape index (κ3) is 5.05. The zero-order chi connectivity index (χ0) is 8.59. The summed E-state index contributed by atoms with van der Waals surface area (Å²) in [5.41, 5.74) is 0. The van der Waals surface area contributed by atoms with Crippen molar-refractivity contribution in [3.63, 3.8) is 0 Å². The number of hydrogen-bond donors (Lipinski definition) is 0. The van der Waals surface area contributed by atoms with Crippen LogP contribution >= 0.6 is 12.6 Å². The molecule has 0 spiro atoms. The highest BCUT2D eigenvalue weighted by atomic mass is 32.1. The van der Waals surface area contributed by atoms with E-state index in [2.05, 4.69) is 12.6 Å². The average Bonchev–Trinajstić information content (AvgIpc) is 1.97. The fraction of sp³-hybridized carbons (Fsp3) is 0. The molecular weight excluding hydrogens is 275 g/mol. The molecule has 0 saturated carbocycles. The maximum Gasteiger partial charge on any atom is 0.180 e. The second kappa shape index (κ2) is 10.3. The Morgan fingerprint density at radius 1 is 0.688 bits per heavy atom. The lowest BCUT2D eigenvalue weighted by atomic mass is 10.3. The van der Waals surface area contributed by atoms with Crippen molar-refractivity contribution >= 4 is 12.6 Å². The Bertz CT molecular complexity index is 276. The van der Waals surface area contributed by atoms with Crippen molar-refractivity contribution in [2.75, 3.05) is 0 Å². The summed E-state index contributed by atoms with van der Waals surface area (Å²) in [6.07, 6.45) is 0. The lowest BCUT2D eigenvalue weighted by molar-refractivity contribution is 0.426. The van der Waals surface area contributed by atoms with Crippen molar-refractivity contribution < 1.29 is 41.1 Å². The zero-order valence-electron chi connectivity index (χ0n) is 7.04. The highest BCUT2D eigenvalue weighted by molar-refractivity contribution is 7.80. The highest BCUT2D eigenvalue weighted by Crippen LogP contribution is 2.21. The molecular formula is C6H6F9S. The van der Waals surface area contributed by atoms with E-state index in [1.54, 1.807) is 0 Å². The predicted octanol–water partition coefficient (Wildman–Crippen LogP) is 3.56. The van der Waals surface area contributed by atoms with Crippen LogP contribution in [0.4, 0.5) is 41.1 Å². The Kier molecular flexibility index (Phi) is 19.0. The van der Waals surface area contributed by atoms with Crippen molar-refractivity contribution in [3.8, 4) is 0 Å². The summed E-state index contributed by atoms with van der Waals surface area (Å²) in [5, 5.41) is 0. The number of hydrogen-bond acceptors (Lipinski definition) is 0. The summed E-state index contributed by atoms with van der Waals surface area (Å²) in [5.74, 6) is -6.01. The molecule has 0 aromatic heterocycles.